The molecular formula is C11H7ClF2S. The molecule has 0 aliphatic rings. The highest BCUT2D eigenvalue weighted by atomic mass is 35.5. The Morgan fingerprint density at radius 3 is 2.67 bits per heavy atom. The summed E-state index contributed by atoms with van der Waals surface area (Å²) in [6.45, 7) is 0. The molecule has 0 aliphatic heterocycles. The summed E-state index contributed by atoms with van der Waals surface area (Å²) in [5, 5.41) is 1.22. The van der Waals surface area contributed by atoms with E-state index in [0.717, 1.165) is 23.1 Å². The minimum absolute atomic E-state index is 0.180. The second-order valence-electron chi connectivity index (χ2n) is 3.04. The summed E-state index contributed by atoms with van der Waals surface area (Å²) in [4.78, 5) is 0.807. The molecule has 1 aromatic carbocycles. The van der Waals surface area contributed by atoms with Crippen molar-refractivity contribution in [3.63, 3.8) is 0 Å². The van der Waals surface area contributed by atoms with Crippen LogP contribution in [-0.4, -0.2) is 0 Å². The number of hydrogen-bond donors (Lipinski definition) is 0. The molecule has 1 aromatic heterocycles. The van der Waals surface area contributed by atoms with Gasteiger partial charge in [0.05, 0.1) is 5.38 Å². The molecule has 0 N–H and O–H groups in total. The van der Waals surface area contributed by atoms with Crippen LogP contribution >= 0.6 is 22.9 Å². The van der Waals surface area contributed by atoms with Gasteiger partial charge in [0.2, 0.25) is 0 Å². The summed E-state index contributed by atoms with van der Waals surface area (Å²) in [7, 11) is 0. The zero-order valence-corrected chi connectivity index (χ0v) is 9.16. The van der Waals surface area contributed by atoms with Crippen LogP contribution in [0.5, 0.6) is 0 Å². The van der Waals surface area contributed by atoms with E-state index >= 15 is 0 Å². The summed E-state index contributed by atoms with van der Waals surface area (Å²) < 4.78 is 26.3. The lowest BCUT2D eigenvalue weighted by Gasteiger charge is -2.08. The molecule has 2 rings (SSSR count). The Hall–Kier alpha value is -0.930. The van der Waals surface area contributed by atoms with Crippen LogP contribution in [0.25, 0.3) is 0 Å². The Morgan fingerprint density at radius 2 is 2.00 bits per heavy atom. The maximum Gasteiger partial charge on any atom is 0.128 e. The first-order chi connectivity index (χ1) is 7.18. The Morgan fingerprint density at radius 1 is 1.20 bits per heavy atom. The minimum Gasteiger partial charge on any atom is -0.207 e. The van der Waals surface area contributed by atoms with Gasteiger partial charge in [-0.15, -0.1) is 22.9 Å². The summed E-state index contributed by atoms with van der Waals surface area (Å²) in [5.41, 5.74) is 0.180. The van der Waals surface area contributed by atoms with Crippen molar-refractivity contribution >= 4 is 22.9 Å². The van der Waals surface area contributed by atoms with Crippen LogP contribution in [0.2, 0.25) is 0 Å². The van der Waals surface area contributed by atoms with E-state index in [-0.39, 0.29) is 5.56 Å². The highest BCUT2D eigenvalue weighted by molar-refractivity contribution is 7.10. The lowest BCUT2D eigenvalue weighted by atomic mass is 10.1. The van der Waals surface area contributed by atoms with Crippen LogP contribution in [0.15, 0.2) is 35.7 Å². The van der Waals surface area contributed by atoms with Crippen LogP contribution in [0, 0.1) is 11.6 Å². The van der Waals surface area contributed by atoms with Gasteiger partial charge in [0.15, 0.2) is 0 Å². The Bertz CT molecular complexity index is 454. The molecule has 4 heteroatoms. The molecule has 0 saturated carbocycles. The topological polar surface area (TPSA) is 0 Å². The predicted molar refractivity (Wildman–Crippen MR) is 58.4 cm³/mol. The van der Waals surface area contributed by atoms with Gasteiger partial charge in [-0.05, 0) is 29.6 Å². The molecule has 78 valence electrons. The number of alkyl halides is 1. The van der Waals surface area contributed by atoms with Crippen LogP contribution in [0.4, 0.5) is 8.78 Å². The first kappa shape index (κ1) is 10.6. The maximum absolute atomic E-state index is 13.4. The lowest BCUT2D eigenvalue weighted by Crippen LogP contribution is -1.95. The van der Waals surface area contributed by atoms with Crippen molar-refractivity contribution in [3.05, 3.63) is 57.8 Å². The van der Waals surface area contributed by atoms with Crippen molar-refractivity contribution in [3.8, 4) is 0 Å². The first-order valence-corrected chi connectivity index (χ1v) is 5.62. The molecule has 1 heterocycles. The zero-order valence-electron chi connectivity index (χ0n) is 7.58. The fourth-order valence-electron chi connectivity index (χ4n) is 1.30. The smallest absolute Gasteiger partial charge is 0.128 e. The van der Waals surface area contributed by atoms with E-state index in [2.05, 4.69) is 0 Å². The van der Waals surface area contributed by atoms with Gasteiger partial charge in [-0.1, -0.05) is 6.07 Å². The monoisotopic (exact) mass is 244 g/mol. The quantitative estimate of drug-likeness (QED) is 0.689. The molecule has 15 heavy (non-hydrogen) atoms. The second kappa shape index (κ2) is 4.29. The zero-order chi connectivity index (χ0) is 10.8. The third-order valence-electron chi connectivity index (χ3n) is 2.02. The SMILES string of the molecule is Fc1ccc(F)c(C(Cl)c2cccs2)c1. The average Bonchev–Trinajstić information content (AvgIpc) is 2.74. The van der Waals surface area contributed by atoms with Gasteiger partial charge in [-0.3, -0.25) is 0 Å². The highest BCUT2D eigenvalue weighted by Gasteiger charge is 2.16. The molecular weight excluding hydrogens is 238 g/mol. The molecule has 0 spiro atoms. The number of rotatable bonds is 2. The maximum atomic E-state index is 13.4. The van der Waals surface area contributed by atoms with Crippen LogP contribution < -0.4 is 0 Å². The normalized spacial score (nSPS) is 12.7. The van der Waals surface area contributed by atoms with Crippen LogP contribution in [0.1, 0.15) is 15.8 Å². The van der Waals surface area contributed by atoms with Crippen LogP contribution in [0.3, 0.4) is 0 Å². The van der Waals surface area contributed by atoms with Gasteiger partial charge >= 0.3 is 0 Å². The number of thiophene rings is 1. The minimum atomic E-state index is -0.624. The molecule has 0 aliphatic carbocycles. The van der Waals surface area contributed by atoms with Gasteiger partial charge in [-0.2, -0.15) is 0 Å². The van der Waals surface area contributed by atoms with Gasteiger partial charge in [0.25, 0.3) is 0 Å². The standard InChI is InChI=1S/C11H7ClF2S/c12-11(10-2-1-5-15-10)8-6-7(13)3-4-9(8)14/h1-6,11H. The molecule has 1 unspecified atom stereocenters. The highest BCUT2D eigenvalue weighted by Crippen LogP contribution is 2.33. The third-order valence-corrected chi connectivity index (χ3v) is 3.56. The van der Waals surface area contributed by atoms with E-state index in [1.165, 1.54) is 11.3 Å². The summed E-state index contributed by atoms with van der Waals surface area (Å²) in [6, 6.07) is 6.93. The van der Waals surface area contributed by atoms with Gasteiger partial charge in [-0.25, -0.2) is 8.78 Å². The lowest BCUT2D eigenvalue weighted by molar-refractivity contribution is 0.587. The van der Waals surface area contributed by atoms with Crippen molar-refractivity contribution in [2.75, 3.05) is 0 Å². The summed E-state index contributed by atoms with van der Waals surface area (Å²) in [6.07, 6.45) is 0. The molecule has 0 amide bonds. The second-order valence-corrected chi connectivity index (χ2v) is 4.46. The number of benzene rings is 1. The van der Waals surface area contributed by atoms with Crippen molar-refractivity contribution in [2.45, 2.75) is 5.38 Å². The molecule has 0 fully saturated rings. The van der Waals surface area contributed by atoms with E-state index < -0.39 is 17.0 Å². The number of halogens is 3. The average molecular weight is 245 g/mol. The summed E-state index contributed by atoms with van der Waals surface area (Å²) in [5.74, 6) is -0.960. The first-order valence-electron chi connectivity index (χ1n) is 4.31. The molecule has 0 radical (unpaired) electrons. The Labute approximate surface area is 95.1 Å². The van der Waals surface area contributed by atoms with Crippen molar-refractivity contribution in [1.29, 1.82) is 0 Å². The van der Waals surface area contributed by atoms with Gasteiger partial charge in [0, 0.05) is 10.4 Å². The Balaban J connectivity index is 2.41. The molecule has 2 aromatic rings. The third kappa shape index (κ3) is 2.19. The fourth-order valence-corrected chi connectivity index (χ4v) is 2.41. The molecule has 1 atom stereocenters. The van der Waals surface area contributed by atoms with Crippen molar-refractivity contribution in [2.24, 2.45) is 0 Å². The predicted octanol–water partition coefficient (Wildman–Crippen LogP) is 4.35. The molecule has 0 saturated heterocycles. The molecule has 0 bridgehead atoms. The fraction of sp³-hybridized carbons (Fsp3) is 0.0909. The van der Waals surface area contributed by atoms with Crippen molar-refractivity contribution in [1.82, 2.24) is 0 Å². The van der Waals surface area contributed by atoms with Gasteiger partial charge in [0.1, 0.15) is 11.6 Å². The van der Waals surface area contributed by atoms with Gasteiger partial charge < -0.3 is 0 Å². The van der Waals surface area contributed by atoms with Crippen molar-refractivity contribution < 1.29 is 8.78 Å². The van der Waals surface area contributed by atoms with E-state index in [9.17, 15) is 8.78 Å². The van der Waals surface area contributed by atoms with E-state index in [1.54, 1.807) is 6.07 Å². The van der Waals surface area contributed by atoms with Crippen LogP contribution in [-0.2, 0) is 0 Å². The number of hydrogen-bond acceptors (Lipinski definition) is 1. The largest absolute Gasteiger partial charge is 0.207 e. The van der Waals surface area contributed by atoms with E-state index in [1.807, 2.05) is 11.4 Å². The molecule has 0 nitrogen and oxygen atoms in total. The summed E-state index contributed by atoms with van der Waals surface area (Å²) >= 11 is 7.47. The van der Waals surface area contributed by atoms with E-state index in [0.29, 0.717) is 0 Å². The Kier molecular flexibility index (Phi) is 3.03. The van der Waals surface area contributed by atoms with E-state index in [4.69, 9.17) is 11.6 Å².